The van der Waals surface area contributed by atoms with Gasteiger partial charge in [0, 0.05) is 22.3 Å². The minimum Gasteiger partial charge on any atom is -0.312 e. The number of sulfone groups is 1. The molecule has 0 heterocycles. The second kappa shape index (κ2) is 7.64. The lowest BCUT2D eigenvalue weighted by atomic mass is 10.0. The summed E-state index contributed by atoms with van der Waals surface area (Å²) in [5, 5.41) is 4.02. The predicted molar refractivity (Wildman–Crippen MR) is 86.6 cm³/mol. The van der Waals surface area contributed by atoms with E-state index in [0.717, 1.165) is 18.5 Å². The molecule has 0 amide bonds. The first-order valence-corrected chi connectivity index (χ1v) is 9.33. The average molecular weight is 338 g/mol. The molecule has 0 aliphatic heterocycles. The molecule has 1 aromatic rings. The largest absolute Gasteiger partial charge is 0.312 e. The SMILES string of the molecule is CCCNC(Cc1cc(Cl)ccc1Cl)C(C)S(C)(=O)=O. The monoisotopic (exact) mass is 337 g/mol. The predicted octanol–water partition coefficient (Wildman–Crippen LogP) is 3.34. The van der Waals surface area contributed by atoms with Crippen molar-refractivity contribution in [2.24, 2.45) is 0 Å². The van der Waals surface area contributed by atoms with Gasteiger partial charge in [0.05, 0.1) is 5.25 Å². The van der Waals surface area contributed by atoms with Crippen LogP contribution >= 0.6 is 23.2 Å². The summed E-state index contributed by atoms with van der Waals surface area (Å²) in [5.41, 5.74) is 0.864. The highest BCUT2D eigenvalue weighted by Crippen LogP contribution is 2.23. The van der Waals surface area contributed by atoms with E-state index in [0.29, 0.717) is 16.5 Å². The first kappa shape index (κ1) is 17.8. The molecule has 3 nitrogen and oxygen atoms in total. The Kier molecular flexibility index (Phi) is 6.79. The van der Waals surface area contributed by atoms with Crippen LogP contribution in [0.1, 0.15) is 25.8 Å². The molecule has 0 aliphatic rings. The molecular weight excluding hydrogens is 317 g/mol. The van der Waals surface area contributed by atoms with Crippen LogP contribution in [-0.4, -0.2) is 32.5 Å². The summed E-state index contributed by atoms with van der Waals surface area (Å²) in [6.45, 7) is 4.53. The average Bonchev–Trinajstić information content (AvgIpc) is 2.36. The van der Waals surface area contributed by atoms with E-state index in [2.05, 4.69) is 5.32 Å². The maximum atomic E-state index is 11.8. The fourth-order valence-electron chi connectivity index (χ4n) is 1.97. The van der Waals surface area contributed by atoms with Gasteiger partial charge < -0.3 is 5.32 Å². The highest BCUT2D eigenvalue weighted by atomic mass is 35.5. The van der Waals surface area contributed by atoms with Gasteiger partial charge in [-0.25, -0.2) is 8.42 Å². The first-order chi connectivity index (χ1) is 9.25. The maximum absolute atomic E-state index is 11.8. The van der Waals surface area contributed by atoms with Gasteiger partial charge in [-0.1, -0.05) is 30.1 Å². The second-order valence-corrected chi connectivity index (χ2v) is 8.28. The van der Waals surface area contributed by atoms with E-state index in [1.54, 1.807) is 25.1 Å². The van der Waals surface area contributed by atoms with Crippen LogP contribution < -0.4 is 5.32 Å². The molecule has 0 spiro atoms. The first-order valence-electron chi connectivity index (χ1n) is 6.62. The van der Waals surface area contributed by atoms with E-state index >= 15 is 0 Å². The number of hydrogen-bond acceptors (Lipinski definition) is 3. The van der Waals surface area contributed by atoms with E-state index < -0.39 is 15.1 Å². The fraction of sp³-hybridized carbons (Fsp3) is 0.571. The zero-order valence-corrected chi connectivity index (χ0v) is 14.3. The molecule has 0 radical (unpaired) electrons. The van der Waals surface area contributed by atoms with Gasteiger partial charge >= 0.3 is 0 Å². The lowest BCUT2D eigenvalue weighted by Gasteiger charge is -2.24. The summed E-state index contributed by atoms with van der Waals surface area (Å²) >= 11 is 12.1. The molecule has 0 aliphatic carbocycles. The summed E-state index contributed by atoms with van der Waals surface area (Å²) < 4.78 is 23.6. The van der Waals surface area contributed by atoms with E-state index in [-0.39, 0.29) is 6.04 Å². The van der Waals surface area contributed by atoms with Crippen LogP contribution in [0.25, 0.3) is 0 Å². The van der Waals surface area contributed by atoms with Crippen molar-refractivity contribution in [3.8, 4) is 0 Å². The molecule has 2 atom stereocenters. The van der Waals surface area contributed by atoms with Crippen LogP contribution in [-0.2, 0) is 16.3 Å². The van der Waals surface area contributed by atoms with Gasteiger partial charge in [-0.15, -0.1) is 0 Å². The summed E-state index contributed by atoms with van der Waals surface area (Å²) in [6, 6.07) is 5.07. The Balaban J connectivity index is 2.97. The van der Waals surface area contributed by atoms with Crippen LogP contribution in [0.4, 0.5) is 0 Å². The molecule has 0 saturated carbocycles. The fourth-order valence-corrected chi connectivity index (χ4v) is 3.15. The number of halogens is 2. The Hall–Kier alpha value is -0.290. The highest BCUT2D eigenvalue weighted by molar-refractivity contribution is 7.91. The van der Waals surface area contributed by atoms with Crippen LogP contribution in [0.15, 0.2) is 18.2 Å². The van der Waals surface area contributed by atoms with Crippen LogP contribution in [0.5, 0.6) is 0 Å². The van der Waals surface area contributed by atoms with Gasteiger partial charge in [0.1, 0.15) is 0 Å². The molecule has 114 valence electrons. The minimum absolute atomic E-state index is 0.180. The van der Waals surface area contributed by atoms with E-state index in [4.69, 9.17) is 23.2 Å². The molecule has 0 saturated heterocycles. The topological polar surface area (TPSA) is 46.2 Å². The van der Waals surface area contributed by atoms with Crippen LogP contribution in [0, 0.1) is 0 Å². The zero-order chi connectivity index (χ0) is 15.3. The van der Waals surface area contributed by atoms with Crippen molar-refractivity contribution in [1.29, 1.82) is 0 Å². The molecule has 0 bridgehead atoms. The van der Waals surface area contributed by atoms with Gasteiger partial charge in [-0.05, 0) is 50.1 Å². The summed E-state index contributed by atoms with van der Waals surface area (Å²) in [7, 11) is -3.11. The summed E-state index contributed by atoms with van der Waals surface area (Å²) in [5.74, 6) is 0. The molecule has 1 rings (SSSR count). The van der Waals surface area contributed by atoms with Crippen molar-refractivity contribution >= 4 is 33.0 Å². The molecule has 2 unspecified atom stereocenters. The summed E-state index contributed by atoms with van der Waals surface area (Å²) in [6.07, 6.45) is 2.74. The number of hydrogen-bond donors (Lipinski definition) is 1. The van der Waals surface area contributed by atoms with Gasteiger partial charge in [-0.3, -0.25) is 0 Å². The molecule has 0 fully saturated rings. The van der Waals surface area contributed by atoms with Crippen molar-refractivity contribution in [2.45, 2.75) is 38.0 Å². The molecular formula is C14H21Cl2NO2S. The lowest BCUT2D eigenvalue weighted by Crippen LogP contribution is -2.44. The zero-order valence-electron chi connectivity index (χ0n) is 12.0. The Morgan fingerprint density at radius 3 is 2.50 bits per heavy atom. The quantitative estimate of drug-likeness (QED) is 0.829. The second-order valence-electron chi connectivity index (χ2n) is 5.04. The molecule has 1 N–H and O–H groups in total. The molecule has 1 aromatic carbocycles. The van der Waals surface area contributed by atoms with Gasteiger partial charge in [0.2, 0.25) is 0 Å². The van der Waals surface area contributed by atoms with Crippen LogP contribution in [0.3, 0.4) is 0 Å². The normalized spacial score (nSPS) is 15.1. The molecule has 20 heavy (non-hydrogen) atoms. The Labute approximate surface area is 131 Å². The smallest absolute Gasteiger partial charge is 0.151 e. The minimum atomic E-state index is -3.11. The highest BCUT2D eigenvalue weighted by Gasteiger charge is 2.26. The number of nitrogens with one attached hydrogen (secondary N) is 1. The third-order valence-electron chi connectivity index (χ3n) is 3.35. The lowest BCUT2D eigenvalue weighted by molar-refractivity contribution is 0.482. The Morgan fingerprint density at radius 1 is 1.30 bits per heavy atom. The van der Waals surface area contributed by atoms with Crippen LogP contribution in [0.2, 0.25) is 10.0 Å². The number of benzene rings is 1. The Bertz CT molecular complexity index is 546. The van der Waals surface area contributed by atoms with Gasteiger partial charge in [-0.2, -0.15) is 0 Å². The van der Waals surface area contributed by atoms with Crippen molar-refractivity contribution in [1.82, 2.24) is 5.32 Å². The standard InChI is InChI=1S/C14H21Cl2NO2S/c1-4-7-17-14(10(2)20(3,18)19)9-11-8-12(15)5-6-13(11)16/h5-6,8,10,14,17H,4,7,9H2,1-3H3. The Morgan fingerprint density at radius 2 is 1.95 bits per heavy atom. The molecule has 0 aromatic heterocycles. The van der Waals surface area contributed by atoms with E-state index in [1.807, 2.05) is 6.92 Å². The van der Waals surface area contributed by atoms with E-state index in [9.17, 15) is 8.42 Å². The van der Waals surface area contributed by atoms with Gasteiger partial charge in [0.25, 0.3) is 0 Å². The maximum Gasteiger partial charge on any atom is 0.151 e. The van der Waals surface area contributed by atoms with Crippen molar-refractivity contribution in [3.63, 3.8) is 0 Å². The van der Waals surface area contributed by atoms with Crippen molar-refractivity contribution < 1.29 is 8.42 Å². The van der Waals surface area contributed by atoms with Gasteiger partial charge in [0.15, 0.2) is 9.84 Å². The third kappa shape index (κ3) is 5.24. The summed E-state index contributed by atoms with van der Waals surface area (Å²) in [4.78, 5) is 0. The number of rotatable bonds is 7. The molecule has 6 heteroatoms. The van der Waals surface area contributed by atoms with E-state index in [1.165, 1.54) is 6.26 Å². The van der Waals surface area contributed by atoms with Crippen molar-refractivity contribution in [2.75, 3.05) is 12.8 Å². The third-order valence-corrected chi connectivity index (χ3v) is 5.63. The van der Waals surface area contributed by atoms with Crippen molar-refractivity contribution in [3.05, 3.63) is 33.8 Å².